The van der Waals surface area contributed by atoms with Gasteiger partial charge in [0.15, 0.2) is 12.1 Å². The molecule has 0 radical (unpaired) electrons. The molecule has 0 N–H and O–H groups in total. The largest absolute Gasteiger partial charge is 0.448 e. The first-order valence-corrected chi connectivity index (χ1v) is 9.86. The minimum atomic E-state index is -0.219. The van der Waals surface area contributed by atoms with Crippen LogP contribution in [0.1, 0.15) is 40.3 Å². The Morgan fingerprint density at radius 1 is 1.07 bits per heavy atom. The molecule has 1 aliphatic rings. The van der Waals surface area contributed by atoms with Crippen molar-refractivity contribution in [3.8, 4) is 0 Å². The fourth-order valence-electron chi connectivity index (χ4n) is 4.37. The van der Waals surface area contributed by atoms with Crippen molar-refractivity contribution in [1.82, 2.24) is 19.3 Å². The van der Waals surface area contributed by atoms with Gasteiger partial charge in [0, 0.05) is 30.9 Å². The first-order chi connectivity index (χ1) is 14.2. The van der Waals surface area contributed by atoms with E-state index >= 15 is 0 Å². The second kappa shape index (κ2) is 6.88. The summed E-state index contributed by atoms with van der Waals surface area (Å²) in [6, 6.07) is 16.6. The summed E-state index contributed by atoms with van der Waals surface area (Å²) in [6.45, 7) is 3.07. The number of carbonyl (C=O) groups excluding carboxylic acids is 1. The van der Waals surface area contributed by atoms with E-state index < -0.39 is 0 Å². The van der Waals surface area contributed by atoms with Gasteiger partial charge in [0.2, 0.25) is 0 Å². The van der Waals surface area contributed by atoms with Crippen LogP contribution in [0, 0.1) is 6.92 Å². The molecule has 0 unspecified atom stereocenters. The van der Waals surface area contributed by atoms with Gasteiger partial charge in [0.25, 0.3) is 5.91 Å². The van der Waals surface area contributed by atoms with E-state index in [4.69, 9.17) is 9.40 Å². The first kappa shape index (κ1) is 17.7. The van der Waals surface area contributed by atoms with Crippen LogP contribution in [0.5, 0.6) is 0 Å². The number of amides is 1. The average molecular weight is 386 g/mol. The van der Waals surface area contributed by atoms with Crippen LogP contribution in [-0.2, 0) is 5.41 Å². The predicted molar refractivity (Wildman–Crippen MR) is 109 cm³/mol. The number of benzene rings is 1. The van der Waals surface area contributed by atoms with Gasteiger partial charge < -0.3 is 13.7 Å². The third-order valence-corrected chi connectivity index (χ3v) is 6.03. The number of nitrogens with zero attached hydrogens (tertiary/aromatic N) is 4. The maximum atomic E-state index is 12.9. The number of hydrogen-bond acceptors (Lipinski definition) is 4. The van der Waals surface area contributed by atoms with E-state index in [9.17, 15) is 4.79 Å². The Bertz CT molecular complexity index is 1120. The molecule has 3 aromatic heterocycles. The fraction of sp³-hybridized carbons (Fsp3) is 0.261. The summed E-state index contributed by atoms with van der Waals surface area (Å²) in [7, 11) is 0. The quantitative estimate of drug-likeness (QED) is 0.536. The van der Waals surface area contributed by atoms with Crippen LogP contribution in [0.15, 0.2) is 71.7 Å². The van der Waals surface area contributed by atoms with Crippen molar-refractivity contribution in [2.24, 2.45) is 0 Å². The van der Waals surface area contributed by atoms with Gasteiger partial charge >= 0.3 is 0 Å². The van der Waals surface area contributed by atoms with Crippen LogP contribution >= 0.6 is 0 Å². The number of imidazole rings is 1. The first-order valence-electron chi connectivity index (χ1n) is 9.86. The Morgan fingerprint density at radius 2 is 1.83 bits per heavy atom. The fourth-order valence-corrected chi connectivity index (χ4v) is 4.37. The average Bonchev–Trinajstić information content (AvgIpc) is 3.40. The van der Waals surface area contributed by atoms with Crippen molar-refractivity contribution in [3.05, 3.63) is 90.0 Å². The summed E-state index contributed by atoms with van der Waals surface area (Å²) in [5.41, 5.74) is 3.43. The molecule has 1 amide bonds. The van der Waals surface area contributed by atoms with Crippen molar-refractivity contribution in [2.75, 3.05) is 13.1 Å². The van der Waals surface area contributed by atoms with E-state index in [2.05, 4.69) is 39.8 Å². The molecular formula is C23H22N4O2. The van der Waals surface area contributed by atoms with Gasteiger partial charge in [0.05, 0.1) is 5.69 Å². The van der Waals surface area contributed by atoms with Crippen molar-refractivity contribution in [2.45, 2.75) is 25.2 Å². The monoisotopic (exact) mass is 386 g/mol. The number of likely N-dealkylation sites (tertiary alicyclic amines) is 1. The van der Waals surface area contributed by atoms with Crippen LogP contribution < -0.4 is 0 Å². The van der Waals surface area contributed by atoms with Crippen LogP contribution in [0.2, 0.25) is 0 Å². The van der Waals surface area contributed by atoms with E-state index in [-0.39, 0.29) is 11.3 Å². The molecular weight excluding hydrogens is 364 g/mol. The number of aromatic nitrogens is 3. The lowest BCUT2D eigenvalue weighted by molar-refractivity contribution is 0.0677. The van der Waals surface area contributed by atoms with Gasteiger partial charge in [-0.3, -0.25) is 4.79 Å². The Hall–Kier alpha value is -3.41. The highest BCUT2D eigenvalue weighted by Gasteiger charge is 2.41. The molecule has 0 saturated carbocycles. The second-order valence-corrected chi connectivity index (χ2v) is 7.59. The smallest absolute Gasteiger partial charge is 0.276 e. The summed E-state index contributed by atoms with van der Waals surface area (Å²) >= 11 is 0. The number of piperidine rings is 1. The number of aryl methyl sites for hydroxylation is 1. The summed E-state index contributed by atoms with van der Waals surface area (Å²) < 4.78 is 7.28. The molecule has 0 bridgehead atoms. The number of hydrogen-bond donors (Lipinski definition) is 0. The van der Waals surface area contributed by atoms with Gasteiger partial charge in [-0.1, -0.05) is 36.4 Å². The van der Waals surface area contributed by atoms with Gasteiger partial charge in [-0.2, -0.15) is 0 Å². The zero-order valence-electron chi connectivity index (χ0n) is 16.3. The molecule has 0 aliphatic carbocycles. The molecule has 5 rings (SSSR count). The standard InChI is InChI=1S/C23H22N4O2/c1-17-21(24-16-29-17)22(28)26-13-10-23(11-14-26,18-7-3-2-4-8-18)19-15-27-12-6-5-9-20(27)25-19/h2-9,12,15-16H,10-11,13-14H2,1H3. The lowest BCUT2D eigenvalue weighted by atomic mass is 9.70. The van der Waals surface area contributed by atoms with E-state index in [0.717, 1.165) is 24.2 Å². The zero-order chi connectivity index (χ0) is 19.8. The SMILES string of the molecule is Cc1ocnc1C(=O)N1CCC(c2ccccc2)(c2cn3ccccc3n2)CC1. The number of rotatable bonds is 3. The highest BCUT2D eigenvalue weighted by molar-refractivity contribution is 5.93. The maximum absolute atomic E-state index is 12.9. The Kier molecular flexibility index (Phi) is 4.19. The summed E-state index contributed by atoms with van der Waals surface area (Å²) in [5, 5.41) is 0. The highest BCUT2D eigenvalue weighted by atomic mass is 16.3. The molecule has 1 aliphatic heterocycles. The molecule has 6 heteroatoms. The van der Waals surface area contributed by atoms with Gasteiger partial charge in [-0.05, 0) is 37.5 Å². The van der Waals surface area contributed by atoms with Gasteiger partial charge in [-0.15, -0.1) is 0 Å². The van der Waals surface area contributed by atoms with Crippen LogP contribution in [0.3, 0.4) is 0 Å². The molecule has 0 spiro atoms. The second-order valence-electron chi connectivity index (χ2n) is 7.59. The number of fused-ring (bicyclic) bond motifs is 1. The zero-order valence-corrected chi connectivity index (χ0v) is 16.3. The van der Waals surface area contributed by atoms with Crippen LogP contribution in [-0.4, -0.2) is 38.3 Å². The van der Waals surface area contributed by atoms with Gasteiger partial charge in [0.1, 0.15) is 11.4 Å². The number of carbonyl (C=O) groups is 1. The summed E-state index contributed by atoms with van der Waals surface area (Å²) in [4.78, 5) is 23.8. The van der Waals surface area contributed by atoms with Crippen LogP contribution in [0.4, 0.5) is 0 Å². The Balaban J connectivity index is 1.50. The lowest BCUT2D eigenvalue weighted by Crippen LogP contribution is -2.46. The number of oxazole rings is 1. The molecule has 1 aromatic carbocycles. The minimum Gasteiger partial charge on any atom is -0.448 e. The molecule has 146 valence electrons. The summed E-state index contributed by atoms with van der Waals surface area (Å²) in [6.07, 6.45) is 7.10. The van der Waals surface area contributed by atoms with E-state index in [1.54, 1.807) is 6.92 Å². The third-order valence-electron chi connectivity index (χ3n) is 6.03. The topological polar surface area (TPSA) is 63.6 Å². The lowest BCUT2D eigenvalue weighted by Gasteiger charge is -2.41. The van der Waals surface area contributed by atoms with Crippen molar-refractivity contribution < 1.29 is 9.21 Å². The van der Waals surface area contributed by atoms with Crippen molar-refractivity contribution in [3.63, 3.8) is 0 Å². The molecule has 29 heavy (non-hydrogen) atoms. The summed E-state index contributed by atoms with van der Waals surface area (Å²) in [5.74, 6) is 0.503. The molecule has 4 heterocycles. The molecule has 1 saturated heterocycles. The normalized spacial score (nSPS) is 16.2. The molecule has 4 aromatic rings. The Morgan fingerprint density at radius 3 is 2.52 bits per heavy atom. The maximum Gasteiger partial charge on any atom is 0.276 e. The minimum absolute atomic E-state index is 0.0621. The van der Waals surface area contributed by atoms with Crippen molar-refractivity contribution in [1.29, 1.82) is 0 Å². The van der Waals surface area contributed by atoms with Crippen LogP contribution in [0.25, 0.3) is 5.65 Å². The van der Waals surface area contributed by atoms with E-state index in [0.29, 0.717) is 24.5 Å². The molecule has 1 fully saturated rings. The van der Waals surface area contributed by atoms with Crippen molar-refractivity contribution >= 4 is 11.6 Å². The third kappa shape index (κ3) is 2.92. The van der Waals surface area contributed by atoms with E-state index in [1.165, 1.54) is 12.0 Å². The van der Waals surface area contributed by atoms with Gasteiger partial charge in [-0.25, -0.2) is 9.97 Å². The van der Waals surface area contributed by atoms with E-state index in [1.807, 2.05) is 35.4 Å². The molecule has 0 atom stereocenters. The number of pyridine rings is 1. The predicted octanol–water partition coefficient (Wildman–Crippen LogP) is 3.85. The highest BCUT2D eigenvalue weighted by Crippen LogP contribution is 2.41. The molecule has 6 nitrogen and oxygen atoms in total. The Labute approximate surface area is 168 Å².